The molecule has 2 aromatic carbocycles. The molecule has 0 fully saturated rings. The Hall–Kier alpha value is -3.37. The summed E-state index contributed by atoms with van der Waals surface area (Å²) in [6, 6.07) is 15.5. The molecule has 33 heavy (non-hydrogen) atoms. The Morgan fingerprint density at radius 2 is 1.94 bits per heavy atom. The quantitative estimate of drug-likeness (QED) is 0.522. The lowest BCUT2D eigenvalue weighted by Gasteiger charge is -2.30. The third-order valence-electron chi connectivity index (χ3n) is 5.25. The van der Waals surface area contributed by atoms with Crippen molar-refractivity contribution in [2.75, 3.05) is 23.3 Å². The number of anilines is 2. The number of fused-ring (bicyclic) bond motifs is 1. The summed E-state index contributed by atoms with van der Waals surface area (Å²) in [5, 5.41) is 6.86. The van der Waals surface area contributed by atoms with Gasteiger partial charge < -0.3 is 15.4 Å². The number of hydrogen-bond acceptors (Lipinski definition) is 6. The zero-order chi connectivity index (χ0) is 23.4. The van der Waals surface area contributed by atoms with Crippen LogP contribution in [0, 0.1) is 0 Å². The van der Waals surface area contributed by atoms with E-state index in [0.717, 1.165) is 28.9 Å². The van der Waals surface area contributed by atoms with Gasteiger partial charge in [0.25, 0.3) is 10.0 Å². The van der Waals surface area contributed by atoms with Crippen LogP contribution in [0.3, 0.4) is 0 Å². The molecule has 0 unspecified atom stereocenters. The number of sulfonamides is 1. The molecule has 2 N–H and O–H groups in total. The first kappa shape index (κ1) is 22.8. The second kappa shape index (κ2) is 9.63. The summed E-state index contributed by atoms with van der Waals surface area (Å²) >= 11 is 1.16. The molecule has 0 atom stereocenters. The minimum atomic E-state index is -3.69. The fourth-order valence-corrected chi connectivity index (χ4v) is 6.26. The predicted molar refractivity (Wildman–Crippen MR) is 127 cm³/mol. The number of ether oxygens (including phenoxy) is 1. The van der Waals surface area contributed by atoms with Gasteiger partial charge in [0.15, 0.2) is 0 Å². The SMILES string of the molecule is COc1cccc(CNC(=O)C(=O)Nc2ccc3c(c2)N(S(=O)(=O)c2cccs2)CCC3)c1. The Morgan fingerprint density at radius 3 is 2.70 bits per heavy atom. The number of rotatable bonds is 6. The largest absolute Gasteiger partial charge is 0.497 e. The number of nitrogens with zero attached hydrogens (tertiary/aromatic N) is 1. The standard InChI is InChI=1S/C23H23N3O5S2/c1-31-19-7-2-5-16(13-19)15-24-22(27)23(28)25-18-10-9-17-6-3-11-26(20(17)14-18)33(29,30)21-8-4-12-32-21/h2,4-5,7-10,12-14H,3,6,11,15H2,1H3,(H,24,27)(H,25,28). The summed E-state index contributed by atoms with van der Waals surface area (Å²) in [6.07, 6.45) is 1.44. The van der Waals surface area contributed by atoms with Crippen molar-refractivity contribution in [1.29, 1.82) is 0 Å². The van der Waals surface area contributed by atoms with Crippen LogP contribution in [0.2, 0.25) is 0 Å². The fourth-order valence-electron chi connectivity index (χ4n) is 3.62. The lowest BCUT2D eigenvalue weighted by atomic mass is 10.0. The van der Waals surface area contributed by atoms with Crippen LogP contribution in [0.5, 0.6) is 5.75 Å². The van der Waals surface area contributed by atoms with Crippen molar-refractivity contribution >= 4 is 44.5 Å². The van der Waals surface area contributed by atoms with Crippen molar-refractivity contribution in [3.63, 3.8) is 0 Å². The number of amides is 2. The average Bonchev–Trinajstić information content (AvgIpc) is 3.38. The number of aryl methyl sites for hydroxylation is 1. The highest BCUT2D eigenvalue weighted by molar-refractivity contribution is 7.94. The number of methoxy groups -OCH3 is 1. The van der Waals surface area contributed by atoms with Gasteiger partial charge in [0.2, 0.25) is 0 Å². The van der Waals surface area contributed by atoms with E-state index in [1.807, 2.05) is 6.07 Å². The van der Waals surface area contributed by atoms with Crippen molar-refractivity contribution in [3.05, 3.63) is 71.1 Å². The topological polar surface area (TPSA) is 105 Å². The van der Waals surface area contributed by atoms with Gasteiger partial charge in [-0.1, -0.05) is 24.3 Å². The van der Waals surface area contributed by atoms with Gasteiger partial charge >= 0.3 is 11.8 Å². The first-order valence-electron chi connectivity index (χ1n) is 10.3. The van der Waals surface area contributed by atoms with Gasteiger partial charge in [-0.3, -0.25) is 13.9 Å². The highest BCUT2D eigenvalue weighted by Gasteiger charge is 2.30. The highest BCUT2D eigenvalue weighted by atomic mass is 32.2. The second-order valence-electron chi connectivity index (χ2n) is 7.44. The normalized spacial score (nSPS) is 13.2. The molecule has 0 radical (unpaired) electrons. The maximum absolute atomic E-state index is 13.1. The molecule has 4 rings (SSSR count). The molecule has 1 aliphatic heterocycles. The minimum Gasteiger partial charge on any atom is -0.497 e. The molecule has 0 spiro atoms. The van der Waals surface area contributed by atoms with Crippen LogP contribution in [0.1, 0.15) is 17.5 Å². The summed E-state index contributed by atoms with van der Waals surface area (Å²) in [5.41, 5.74) is 2.54. The molecule has 0 bridgehead atoms. The molecule has 2 heterocycles. The first-order chi connectivity index (χ1) is 15.9. The van der Waals surface area contributed by atoms with E-state index in [1.165, 1.54) is 4.31 Å². The van der Waals surface area contributed by atoms with Gasteiger partial charge in [-0.05, 0) is 59.7 Å². The van der Waals surface area contributed by atoms with Crippen LogP contribution in [0.25, 0.3) is 0 Å². The Bertz CT molecular complexity index is 1270. The van der Waals surface area contributed by atoms with Crippen molar-refractivity contribution in [1.82, 2.24) is 5.32 Å². The number of nitrogens with one attached hydrogen (secondary N) is 2. The lowest BCUT2D eigenvalue weighted by Crippen LogP contribution is -2.36. The molecule has 1 aliphatic rings. The molecule has 1 aromatic heterocycles. The highest BCUT2D eigenvalue weighted by Crippen LogP contribution is 2.35. The molecule has 2 amide bonds. The Labute approximate surface area is 196 Å². The van der Waals surface area contributed by atoms with E-state index in [9.17, 15) is 18.0 Å². The molecule has 0 saturated carbocycles. The summed E-state index contributed by atoms with van der Waals surface area (Å²) in [6.45, 7) is 0.520. The molecular weight excluding hydrogens is 462 g/mol. The van der Waals surface area contributed by atoms with Gasteiger partial charge in [0.1, 0.15) is 9.96 Å². The van der Waals surface area contributed by atoms with Crippen molar-refractivity contribution in [2.45, 2.75) is 23.6 Å². The van der Waals surface area contributed by atoms with Gasteiger partial charge in [0, 0.05) is 18.8 Å². The number of carbonyl (C=O) groups excluding carboxylic acids is 2. The second-order valence-corrected chi connectivity index (χ2v) is 10.5. The zero-order valence-electron chi connectivity index (χ0n) is 17.9. The van der Waals surface area contributed by atoms with Gasteiger partial charge in [-0.25, -0.2) is 8.42 Å². The Morgan fingerprint density at radius 1 is 1.09 bits per heavy atom. The van der Waals surface area contributed by atoms with Crippen LogP contribution in [0.4, 0.5) is 11.4 Å². The van der Waals surface area contributed by atoms with Crippen LogP contribution < -0.4 is 19.7 Å². The molecule has 8 nitrogen and oxygen atoms in total. The summed E-state index contributed by atoms with van der Waals surface area (Å²) < 4.78 is 33.0. The van der Waals surface area contributed by atoms with Gasteiger partial charge in [-0.2, -0.15) is 0 Å². The average molecular weight is 486 g/mol. The van der Waals surface area contributed by atoms with E-state index in [0.29, 0.717) is 30.1 Å². The predicted octanol–water partition coefficient (Wildman–Crippen LogP) is 3.15. The van der Waals surface area contributed by atoms with E-state index in [2.05, 4.69) is 10.6 Å². The first-order valence-corrected chi connectivity index (χ1v) is 12.6. The van der Waals surface area contributed by atoms with E-state index >= 15 is 0 Å². The maximum atomic E-state index is 13.1. The van der Waals surface area contributed by atoms with Crippen LogP contribution in [-0.4, -0.2) is 33.9 Å². The third kappa shape index (κ3) is 5.01. The van der Waals surface area contributed by atoms with E-state index < -0.39 is 21.8 Å². The maximum Gasteiger partial charge on any atom is 0.313 e. The number of carbonyl (C=O) groups is 2. The summed E-state index contributed by atoms with van der Waals surface area (Å²) in [5.74, 6) is -0.970. The van der Waals surface area contributed by atoms with Crippen molar-refractivity contribution in [2.24, 2.45) is 0 Å². The van der Waals surface area contributed by atoms with E-state index in [4.69, 9.17) is 4.74 Å². The smallest absolute Gasteiger partial charge is 0.313 e. The molecule has 172 valence electrons. The van der Waals surface area contributed by atoms with Gasteiger partial charge in [0.05, 0.1) is 12.8 Å². The zero-order valence-corrected chi connectivity index (χ0v) is 19.5. The molecule has 10 heteroatoms. The van der Waals surface area contributed by atoms with Crippen LogP contribution >= 0.6 is 11.3 Å². The van der Waals surface area contributed by atoms with E-state index in [-0.39, 0.29) is 10.8 Å². The molecule has 0 aliphatic carbocycles. The molecule has 0 saturated heterocycles. The van der Waals surface area contributed by atoms with Crippen molar-refractivity contribution < 1.29 is 22.7 Å². The summed E-state index contributed by atoms with van der Waals surface area (Å²) in [7, 11) is -2.14. The minimum absolute atomic E-state index is 0.167. The lowest BCUT2D eigenvalue weighted by molar-refractivity contribution is -0.136. The number of benzene rings is 2. The van der Waals surface area contributed by atoms with Crippen molar-refractivity contribution in [3.8, 4) is 5.75 Å². The molecule has 3 aromatic rings. The van der Waals surface area contributed by atoms with E-state index in [1.54, 1.807) is 61.0 Å². The monoisotopic (exact) mass is 485 g/mol. The number of thiophene rings is 1. The third-order valence-corrected chi connectivity index (χ3v) is 8.44. The Balaban J connectivity index is 1.47. The number of hydrogen-bond donors (Lipinski definition) is 2. The summed E-state index contributed by atoms with van der Waals surface area (Å²) in [4.78, 5) is 24.7. The van der Waals surface area contributed by atoms with Crippen LogP contribution in [0.15, 0.2) is 64.2 Å². The molecular formula is C23H23N3O5S2. The van der Waals surface area contributed by atoms with Gasteiger partial charge in [-0.15, -0.1) is 11.3 Å². The fraction of sp³-hybridized carbons (Fsp3) is 0.217. The Kier molecular flexibility index (Phi) is 6.66. The van der Waals surface area contributed by atoms with Crippen LogP contribution in [-0.2, 0) is 32.6 Å².